The number of aromatic nitrogens is 1. The molecule has 1 unspecified atom stereocenters. The summed E-state index contributed by atoms with van der Waals surface area (Å²) in [5, 5.41) is 23.1. The Balaban J connectivity index is 1.21. The van der Waals surface area contributed by atoms with Gasteiger partial charge in [0.05, 0.1) is 40.0 Å². The molecular weight excluding hydrogens is 563 g/mol. The van der Waals surface area contributed by atoms with Crippen LogP contribution in [0.3, 0.4) is 0 Å². The Morgan fingerprint density at radius 1 is 0.674 bits per heavy atom. The summed E-state index contributed by atoms with van der Waals surface area (Å²) in [6.45, 7) is 0. The number of aryl methyl sites for hydroxylation is 1. The van der Waals surface area contributed by atoms with Crippen LogP contribution in [0, 0.1) is 22.7 Å². The molecule has 0 spiro atoms. The molecule has 0 saturated heterocycles. The second-order valence-electron chi connectivity index (χ2n) is 11.4. The lowest BCUT2D eigenvalue weighted by Gasteiger charge is -2.23. The van der Waals surface area contributed by atoms with Crippen molar-refractivity contribution in [3.8, 4) is 27.6 Å². The SMILES string of the molecule is N#Cc1ccc(C2C=Cc3sc4c(c3C2)CCc2c-4sc3ccccc23)c(-n2c3ccccc3c3cc(C#N)ccc32)c1. The molecule has 3 heterocycles. The van der Waals surface area contributed by atoms with Crippen molar-refractivity contribution in [2.75, 3.05) is 0 Å². The van der Waals surface area contributed by atoms with Crippen LogP contribution in [0.4, 0.5) is 0 Å². The average molecular weight is 586 g/mol. The number of nitrogens with zero attached hydrogens (tertiary/aromatic N) is 3. The molecule has 0 N–H and O–H groups in total. The molecule has 4 aromatic carbocycles. The van der Waals surface area contributed by atoms with Crippen LogP contribution >= 0.6 is 22.7 Å². The van der Waals surface area contributed by atoms with Crippen LogP contribution in [-0.4, -0.2) is 4.57 Å². The highest BCUT2D eigenvalue weighted by Crippen LogP contribution is 2.51. The van der Waals surface area contributed by atoms with E-state index in [-0.39, 0.29) is 5.92 Å². The number of nitriles is 2. The molecule has 3 aromatic heterocycles. The third kappa shape index (κ3) is 3.56. The molecule has 202 valence electrons. The summed E-state index contributed by atoms with van der Waals surface area (Å²) in [5.74, 6) is 0.187. The summed E-state index contributed by atoms with van der Waals surface area (Å²) >= 11 is 3.90. The molecule has 1 atom stereocenters. The Kier molecular flexibility index (Phi) is 5.32. The van der Waals surface area contributed by atoms with Gasteiger partial charge in [-0.05, 0) is 95.4 Å². The highest BCUT2D eigenvalue weighted by atomic mass is 32.1. The standard InChI is InChI=1S/C38H23N3S2/c39-20-22-10-15-33-30(17-22)26-5-1-3-7-32(26)41(33)34-18-23(21-40)9-12-25(34)24-11-16-36-31(19-24)29-14-13-28-27-6-2-4-8-35(27)42-37(28)38(29)43-36/h1-12,15-18,24H,13-14,19H2. The Labute approximate surface area is 256 Å². The maximum absolute atomic E-state index is 9.92. The Hall–Kier alpha value is -4.94. The summed E-state index contributed by atoms with van der Waals surface area (Å²) < 4.78 is 3.67. The first-order valence-corrected chi connectivity index (χ1v) is 16.2. The Bertz CT molecular complexity index is 2420. The lowest BCUT2D eigenvalue weighted by molar-refractivity contribution is 0.805. The normalized spacial score (nSPS) is 15.3. The van der Waals surface area contributed by atoms with Gasteiger partial charge in [-0.2, -0.15) is 10.5 Å². The molecule has 0 fully saturated rings. The van der Waals surface area contributed by atoms with Crippen molar-refractivity contribution in [1.82, 2.24) is 4.57 Å². The van der Waals surface area contributed by atoms with E-state index in [1.807, 2.05) is 59.1 Å². The number of thiophene rings is 2. The highest BCUT2D eigenvalue weighted by Gasteiger charge is 2.30. The zero-order chi connectivity index (χ0) is 28.7. The molecular formula is C38H23N3S2. The molecule has 0 saturated carbocycles. The molecule has 0 aliphatic heterocycles. The van der Waals surface area contributed by atoms with E-state index in [0.29, 0.717) is 11.1 Å². The van der Waals surface area contributed by atoms with E-state index in [1.165, 1.54) is 47.0 Å². The van der Waals surface area contributed by atoms with Crippen LogP contribution in [0.1, 0.15) is 44.2 Å². The van der Waals surface area contributed by atoms with Gasteiger partial charge in [-0.3, -0.25) is 0 Å². The third-order valence-electron chi connectivity index (χ3n) is 9.18. The lowest BCUT2D eigenvalue weighted by atomic mass is 9.82. The molecule has 5 heteroatoms. The summed E-state index contributed by atoms with van der Waals surface area (Å²) in [4.78, 5) is 4.32. The second kappa shape index (κ2) is 9.28. The maximum Gasteiger partial charge on any atom is 0.0992 e. The molecule has 43 heavy (non-hydrogen) atoms. The third-order valence-corrected chi connectivity index (χ3v) is 11.8. The van der Waals surface area contributed by atoms with Gasteiger partial charge in [0.25, 0.3) is 0 Å². The van der Waals surface area contributed by atoms with E-state index in [2.05, 4.69) is 77.4 Å². The number of hydrogen-bond donors (Lipinski definition) is 0. The van der Waals surface area contributed by atoms with Gasteiger partial charge in [0.1, 0.15) is 0 Å². The van der Waals surface area contributed by atoms with Gasteiger partial charge in [0, 0.05) is 36.0 Å². The fraction of sp³-hybridized carbons (Fsp3) is 0.105. The van der Waals surface area contributed by atoms with Crippen LogP contribution in [0.5, 0.6) is 0 Å². The Morgan fingerprint density at radius 3 is 2.28 bits per heavy atom. The van der Waals surface area contributed by atoms with E-state index in [9.17, 15) is 10.5 Å². The lowest BCUT2D eigenvalue weighted by Crippen LogP contribution is -2.11. The predicted octanol–water partition coefficient (Wildman–Crippen LogP) is 9.92. The van der Waals surface area contributed by atoms with Gasteiger partial charge in [-0.1, -0.05) is 48.5 Å². The second-order valence-corrected chi connectivity index (χ2v) is 13.5. The van der Waals surface area contributed by atoms with Gasteiger partial charge < -0.3 is 4.57 Å². The van der Waals surface area contributed by atoms with Gasteiger partial charge >= 0.3 is 0 Å². The van der Waals surface area contributed by atoms with Crippen LogP contribution in [0.2, 0.25) is 0 Å². The van der Waals surface area contributed by atoms with Crippen molar-refractivity contribution in [3.63, 3.8) is 0 Å². The number of allylic oxidation sites excluding steroid dienone is 1. The van der Waals surface area contributed by atoms with Crippen molar-refractivity contribution in [2.45, 2.75) is 25.2 Å². The summed E-state index contributed by atoms with van der Waals surface area (Å²) in [6.07, 6.45) is 7.84. The van der Waals surface area contributed by atoms with Crippen molar-refractivity contribution >= 4 is 60.6 Å². The quantitative estimate of drug-likeness (QED) is 0.203. The largest absolute Gasteiger partial charge is 0.309 e. The summed E-state index contributed by atoms with van der Waals surface area (Å²) in [7, 11) is 0. The zero-order valence-corrected chi connectivity index (χ0v) is 24.7. The minimum absolute atomic E-state index is 0.187. The van der Waals surface area contributed by atoms with Crippen molar-refractivity contribution in [1.29, 1.82) is 10.5 Å². The Morgan fingerprint density at radius 2 is 1.40 bits per heavy atom. The molecule has 0 bridgehead atoms. The minimum Gasteiger partial charge on any atom is -0.309 e. The fourth-order valence-electron chi connectivity index (χ4n) is 7.23. The van der Waals surface area contributed by atoms with Crippen LogP contribution in [-0.2, 0) is 19.3 Å². The van der Waals surface area contributed by atoms with E-state index >= 15 is 0 Å². The van der Waals surface area contributed by atoms with E-state index < -0.39 is 0 Å². The van der Waals surface area contributed by atoms with Crippen LogP contribution < -0.4 is 0 Å². The van der Waals surface area contributed by atoms with Crippen LogP contribution in [0.15, 0.2) is 91.0 Å². The van der Waals surface area contributed by atoms with Crippen molar-refractivity contribution in [3.05, 3.63) is 129 Å². The summed E-state index contributed by atoms with van der Waals surface area (Å²) in [6, 6.07) is 33.9. The van der Waals surface area contributed by atoms with Gasteiger partial charge in [-0.25, -0.2) is 0 Å². The van der Waals surface area contributed by atoms with Gasteiger partial charge in [0.15, 0.2) is 0 Å². The highest BCUT2D eigenvalue weighted by molar-refractivity contribution is 7.26. The average Bonchev–Trinajstić information content (AvgIpc) is 3.73. The predicted molar refractivity (Wildman–Crippen MR) is 178 cm³/mol. The zero-order valence-electron chi connectivity index (χ0n) is 23.1. The molecule has 0 amide bonds. The van der Waals surface area contributed by atoms with E-state index in [1.54, 1.807) is 0 Å². The minimum atomic E-state index is 0.187. The number of para-hydroxylation sites is 1. The molecule has 0 radical (unpaired) electrons. The van der Waals surface area contributed by atoms with Crippen molar-refractivity contribution < 1.29 is 0 Å². The first-order valence-electron chi connectivity index (χ1n) is 14.5. The van der Waals surface area contributed by atoms with Crippen LogP contribution in [0.25, 0.3) is 53.4 Å². The van der Waals surface area contributed by atoms with E-state index in [0.717, 1.165) is 46.8 Å². The molecule has 3 nitrogen and oxygen atoms in total. The summed E-state index contributed by atoms with van der Waals surface area (Å²) in [5.41, 5.74) is 10.2. The first kappa shape index (κ1) is 24.6. The first-order chi connectivity index (χ1) is 21.2. The maximum atomic E-state index is 9.92. The van der Waals surface area contributed by atoms with Crippen molar-refractivity contribution in [2.24, 2.45) is 0 Å². The number of fused-ring (bicyclic) bond motifs is 10. The van der Waals surface area contributed by atoms with Gasteiger partial charge in [0.2, 0.25) is 0 Å². The van der Waals surface area contributed by atoms with E-state index in [4.69, 9.17) is 0 Å². The number of rotatable bonds is 2. The van der Waals surface area contributed by atoms with Gasteiger partial charge in [-0.15, -0.1) is 22.7 Å². The number of hydrogen-bond acceptors (Lipinski definition) is 4. The monoisotopic (exact) mass is 585 g/mol. The topological polar surface area (TPSA) is 52.5 Å². The molecule has 9 rings (SSSR count). The molecule has 7 aromatic rings. The fourth-order valence-corrected chi connectivity index (χ4v) is 9.96. The number of benzene rings is 4. The molecule has 2 aliphatic rings. The smallest absolute Gasteiger partial charge is 0.0992 e. The molecule has 2 aliphatic carbocycles.